The molecule has 0 unspecified atom stereocenters. The van der Waals surface area contributed by atoms with Crippen molar-refractivity contribution in [2.75, 3.05) is 11.9 Å². The van der Waals surface area contributed by atoms with Gasteiger partial charge in [-0.05, 0) is 18.6 Å². The highest BCUT2D eigenvalue weighted by Gasteiger charge is 2.13. The van der Waals surface area contributed by atoms with Crippen molar-refractivity contribution >= 4 is 16.9 Å². The SMILES string of the molecule is Cc1cc2c(N[C@H](CO)c3ccccc3)ncnc2[nH]1. The Hall–Kier alpha value is -2.40. The number of aromatic nitrogens is 3. The molecule has 0 amide bonds. The first-order valence-corrected chi connectivity index (χ1v) is 6.50. The standard InChI is InChI=1S/C15H16N4O/c1-10-7-12-14(18-10)16-9-17-15(12)19-13(8-20)11-5-3-2-4-6-11/h2-7,9,13,20H,8H2,1H3,(H2,16,17,18,19)/t13-/m1/s1. The van der Waals surface area contributed by atoms with Gasteiger partial charge in [-0.2, -0.15) is 0 Å². The van der Waals surface area contributed by atoms with Gasteiger partial charge >= 0.3 is 0 Å². The second kappa shape index (κ2) is 5.30. The summed E-state index contributed by atoms with van der Waals surface area (Å²) in [5, 5.41) is 13.8. The molecular weight excluding hydrogens is 252 g/mol. The number of aliphatic hydroxyl groups is 1. The van der Waals surface area contributed by atoms with E-state index in [-0.39, 0.29) is 12.6 Å². The predicted molar refractivity (Wildman–Crippen MR) is 78.5 cm³/mol. The Balaban J connectivity index is 1.95. The molecule has 0 radical (unpaired) electrons. The summed E-state index contributed by atoms with van der Waals surface area (Å²) in [5.74, 6) is 0.724. The lowest BCUT2D eigenvalue weighted by Crippen LogP contribution is -2.15. The van der Waals surface area contributed by atoms with Crippen LogP contribution in [0.2, 0.25) is 0 Å². The average molecular weight is 268 g/mol. The number of aryl methyl sites for hydroxylation is 1. The van der Waals surface area contributed by atoms with Crippen LogP contribution in [0, 0.1) is 6.92 Å². The van der Waals surface area contributed by atoms with E-state index in [0.717, 1.165) is 28.1 Å². The Kier molecular flexibility index (Phi) is 3.35. The summed E-state index contributed by atoms with van der Waals surface area (Å²) in [4.78, 5) is 11.7. The fourth-order valence-electron chi connectivity index (χ4n) is 2.27. The van der Waals surface area contributed by atoms with E-state index in [0.29, 0.717) is 0 Å². The number of nitrogens with zero attached hydrogens (tertiary/aromatic N) is 2. The Morgan fingerprint density at radius 1 is 1.25 bits per heavy atom. The van der Waals surface area contributed by atoms with Crippen LogP contribution in [0.5, 0.6) is 0 Å². The topological polar surface area (TPSA) is 73.8 Å². The molecule has 0 fully saturated rings. The first kappa shape index (κ1) is 12.6. The van der Waals surface area contributed by atoms with Gasteiger partial charge in [0.15, 0.2) is 0 Å². The number of H-pyrrole nitrogens is 1. The third-order valence-electron chi connectivity index (χ3n) is 3.26. The van der Waals surface area contributed by atoms with Gasteiger partial charge in [0, 0.05) is 5.69 Å². The van der Waals surface area contributed by atoms with Gasteiger partial charge in [0.1, 0.15) is 17.8 Å². The molecule has 0 saturated carbocycles. The summed E-state index contributed by atoms with van der Waals surface area (Å²) < 4.78 is 0. The van der Waals surface area contributed by atoms with E-state index < -0.39 is 0 Å². The minimum absolute atomic E-state index is 0.00108. The molecule has 2 aromatic heterocycles. The molecule has 20 heavy (non-hydrogen) atoms. The largest absolute Gasteiger partial charge is 0.394 e. The molecule has 0 aliphatic carbocycles. The number of hydrogen-bond donors (Lipinski definition) is 3. The Morgan fingerprint density at radius 3 is 2.80 bits per heavy atom. The van der Waals surface area contributed by atoms with Crippen LogP contribution in [0.1, 0.15) is 17.3 Å². The van der Waals surface area contributed by atoms with Crippen molar-refractivity contribution < 1.29 is 5.11 Å². The highest BCUT2D eigenvalue weighted by Crippen LogP contribution is 2.24. The zero-order valence-corrected chi connectivity index (χ0v) is 11.2. The molecule has 0 aliphatic heterocycles. The average Bonchev–Trinajstić information content (AvgIpc) is 2.86. The molecule has 0 spiro atoms. The van der Waals surface area contributed by atoms with Crippen LogP contribution in [0.15, 0.2) is 42.7 Å². The molecule has 3 aromatic rings. The van der Waals surface area contributed by atoms with Crippen molar-refractivity contribution in [1.82, 2.24) is 15.0 Å². The van der Waals surface area contributed by atoms with Gasteiger partial charge in [-0.25, -0.2) is 9.97 Å². The fraction of sp³-hybridized carbons (Fsp3) is 0.200. The molecule has 5 heteroatoms. The van der Waals surface area contributed by atoms with Crippen LogP contribution < -0.4 is 5.32 Å². The molecule has 0 saturated heterocycles. The number of anilines is 1. The Labute approximate surface area is 116 Å². The third kappa shape index (κ3) is 2.35. The summed E-state index contributed by atoms with van der Waals surface area (Å²) in [6, 6.07) is 11.6. The van der Waals surface area contributed by atoms with Gasteiger partial charge in [0.2, 0.25) is 0 Å². The van der Waals surface area contributed by atoms with Gasteiger partial charge < -0.3 is 15.4 Å². The highest BCUT2D eigenvalue weighted by atomic mass is 16.3. The third-order valence-corrected chi connectivity index (χ3v) is 3.26. The number of hydrogen-bond acceptors (Lipinski definition) is 4. The van der Waals surface area contributed by atoms with E-state index >= 15 is 0 Å². The van der Waals surface area contributed by atoms with Gasteiger partial charge in [-0.3, -0.25) is 0 Å². The van der Waals surface area contributed by atoms with Crippen molar-refractivity contribution in [1.29, 1.82) is 0 Å². The van der Waals surface area contributed by atoms with Crippen LogP contribution >= 0.6 is 0 Å². The normalized spacial score (nSPS) is 12.5. The van der Waals surface area contributed by atoms with Crippen LogP contribution in [-0.4, -0.2) is 26.7 Å². The molecule has 0 bridgehead atoms. The summed E-state index contributed by atoms with van der Waals surface area (Å²) in [6.07, 6.45) is 1.51. The summed E-state index contributed by atoms with van der Waals surface area (Å²) in [6.45, 7) is 1.98. The van der Waals surface area contributed by atoms with Crippen molar-refractivity contribution in [2.45, 2.75) is 13.0 Å². The minimum atomic E-state index is -0.190. The number of fused-ring (bicyclic) bond motifs is 1. The van der Waals surface area contributed by atoms with E-state index in [4.69, 9.17) is 0 Å². The predicted octanol–water partition coefficient (Wildman–Crippen LogP) is 2.41. The minimum Gasteiger partial charge on any atom is -0.394 e. The summed E-state index contributed by atoms with van der Waals surface area (Å²) in [7, 11) is 0. The number of benzene rings is 1. The van der Waals surface area contributed by atoms with Gasteiger partial charge in [-0.1, -0.05) is 30.3 Å². The molecule has 102 valence electrons. The van der Waals surface area contributed by atoms with Crippen LogP contribution in [0.25, 0.3) is 11.0 Å². The Morgan fingerprint density at radius 2 is 2.05 bits per heavy atom. The molecule has 3 N–H and O–H groups in total. The molecule has 5 nitrogen and oxygen atoms in total. The lowest BCUT2D eigenvalue weighted by atomic mass is 10.1. The number of nitrogens with one attached hydrogen (secondary N) is 2. The maximum atomic E-state index is 9.60. The zero-order valence-electron chi connectivity index (χ0n) is 11.2. The van der Waals surface area contributed by atoms with E-state index in [9.17, 15) is 5.11 Å². The van der Waals surface area contributed by atoms with E-state index in [2.05, 4.69) is 20.3 Å². The van der Waals surface area contributed by atoms with Gasteiger partial charge in [0.05, 0.1) is 18.0 Å². The molecule has 1 atom stereocenters. The Bertz CT molecular complexity index is 708. The van der Waals surface area contributed by atoms with Crippen molar-refractivity contribution in [3.8, 4) is 0 Å². The van der Waals surface area contributed by atoms with Crippen molar-refractivity contribution in [3.05, 3.63) is 54.0 Å². The summed E-state index contributed by atoms with van der Waals surface area (Å²) in [5.41, 5.74) is 2.85. The molecule has 2 heterocycles. The van der Waals surface area contributed by atoms with Crippen LogP contribution in [0.3, 0.4) is 0 Å². The fourth-order valence-corrected chi connectivity index (χ4v) is 2.27. The van der Waals surface area contributed by atoms with Crippen molar-refractivity contribution in [3.63, 3.8) is 0 Å². The van der Waals surface area contributed by atoms with Crippen molar-refractivity contribution in [2.24, 2.45) is 0 Å². The quantitative estimate of drug-likeness (QED) is 0.679. The molecular formula is C15H16N4O. The van der Waals surface area contributed by atoms with E-state index in [1.165, 1.54) is 6.33 Å². The maximum absolute atomic E-state index is 9.60. The first-order chi connectivity index (χ1) is 9.78. The monoisotopic (exact) mass is 268 g/mol. The zero-order chi connectivity index (χ0) is 13.9. The van der Waals surface area contributed by atoms with Gasteiger partial charge in [0.25, 0.3) is 0 Å². The van der Waals surface area contributed by atoms with Gasteiger partial charge in [-0.15, -0.1) is 0 Å². The summed E-state index contributed by atoms with van der Waals surface area (Å²) >= 11 is 0. The number of rotatable bonds is 4. The lowest BCUT2D eigenvalue weighted by molar-refractivity contribution is 0.276. The van der Waals surface area contributed by atoms with Crippen LogP contribution in [0.4, 0.5) is 5.82 Å². The van der Waals surface area contributed by atoms with E-state index in [1.807, 2.05) is 43.3 Å². The number of aromatic amines is 1. The van der Waals surface area contributed by atoms with E-state index in [1.54, 1.807) is 0 Å². The maximum Gasteiger partial charge on any atom is 0.143 e. The first-order valence-electron chi connectivity index (χ1n) is 6.50. The molecule has 1 aromatic carbocycles. The number of aliphatic hydroxyl groups excluding tert-OH is 1. The highest BCUT2D eigenvalue weighted by molar-refractivity contribution is 5.87. The lowest BCUT2D eigenvalue weighted by Gasteiger charge is -2.17. The molecule has 3 rings (SSSR count). The molecule has 0 aliphatic rings. The second-order valence-electron chi connectivity index (χ2n) is 4.73. The second-order valence-corrected chi connectivity index (χ2v) is 4.73. The van der Waals surface area contributed by atoms with Crippen LogP contribution in [-0.2, 0) is 0 Å². The smallest absolute Gasteiger partial charge is 0.143 e.